The van der Waals surface area contributed by atoms with Gasteiger partial charge in [0.05, 0.1) is 12.8 Å². The van der Waals surface area contributed by atoms with Crippen molar-refractivity contribution in [1.82, 2.24) is 5.32 Å². The van der Waals surface area contributed by atoms with Crippen LogP contribution in [0.3, 0.4) is 0 Å². The van der Waals surface area contributed by atoms with E-state index in [2.05, 4.69) is 10.6 Å². The van der Waals surface area contributed by atoms with E-state index in [0.29, 0.717) is 17.0 Å². The van der Waals surface area contributed by atoms with Gasteiger partial charge in [-0.3, -0.25) is 5.41 Å². The van der Waals surface area contributed by atoms with E-state index in [9.17, 15) is 4.79 Å². The summed E-state index contributed by atoms with van der Waals surface area (Å²) < 4.78 is 5.21. The molecule has 20 heavy (non-hydrogen) atoms. The molecule has 108 valence electrons. The fourth-order valence-electron chi connectivity index (χ4n) is 2.38. The normalized spacial score (nSPS) is 14.8. The lowest BCUT2D eigenvalue weighted by atomic mass is 10.1. The van der Waals surface area contributed by atoms with E-state index in [1.807, 2.05) is 0 Å². The van der Waals surface area contributed by atoms with Crippen LogP contribution in [-0.4, -0.2) is 25.0 Å². The Labute approximate surface area is 118 Å². The number of hydrogen-bond acceptors (Lipinski definition) is 3. The lowest BCUT2D eigenvalue weighted by Crippen LogP contribution is -2.36. The summed E-state index contributed by atoms with van der Waals surface area (Å²) in [5.74, 6) is 0.449. The summed E-state index contributed by atoms with van der Waals surface area (Å²) >= 11 is 0. The molecule has 1 aliphatic carbocycles. The van der Waals surface area contributed by atoms with Crippen LogP contribution in [-0.2, 0) is 0 Å². The zero-order valence-corrected chi connectivity index (χ0v) is 11.5. The van der Waals surface area contributed by atoms with Crippen molar-refractivity contribution in [2.75, 3.05) is 12.4 Å². The molecule has 0 atom stereocenters. The van der Waals surface area contributed by atoms with Crippen LogP contribution in [0.5, 0.6) is 5.75 Å². The number of nitrogen functional groups attached to an aromatic ring is 1. The maximum Gasteiger partial charge on any atom is 0.319 e. The second-order valence-electron chi connectivity index (χ2n) is 4.91. The van der Waals surface area contributed by atoms with Gasteiger partial charge in [0.25, 0.3) is 0 Å². The Balaban J connectivity index is 2.04. The number of hydrogen-bond donors (Lipinski definition) is 4. The van der Waals surface area contributed by atoms with Crippen molar-refractivity contribution < 1.29 is 9.53 Å². The van der Waals surface area contributed by atoms with Gasteiger partial charge in [0, 0.05) is 11.6 Å². The maximum absolute atomic E-state index is 11.9. The molecular weight excluding hydrogens is 256 g/mol. The van der Waals surface area contributed by atoms with Gasteiger partial charge >= 0.3 is 6.03 Å². The zero-order valence-electron chi connectivity index (χ0n) is 11.5. The highest BCUT2D eigenvalue weighted by Crippen LogP contribution is 2.25. The number of carbonyl (C=O) groups excluding carboxylic acids is 1. The molecule has 0 aromatic heterocycles. The summed E-state index contributed by atoms with van der Waals surface area (Å²) in [6.07, 6.45) is 4.41. The van der Waals surface area contributed by atoms with E-state index >= 15 is 0 Å². The number of methoxy groups -OCH3 is 1. The molecule has 6 nitrogen and oxygen atoms in total. The highest BCUT2D eigenvalue weighted by atomic mass is 16.5. The molecule has 0 heterocycles. The Hall–Kier alpha value is -2.24. The van der Waals surface area contributed by atoms with Crippen LogP contribution in [0.15, 0.2) is 18.2 Å². The molecule has 1 saturated carbocycles. The van der Waals surface area contributed by atoms with Gasteiger partial charge in [-0.25, -0.2) is 4.79 Å². The Morgan fingerprint density at radius 2 is 2.10 bits per heavy atom. The third kappa shape index (κ3) is 3.40. The number of rotatable bonds is 4. The van der Waals surface area contributed by atoms with Crippen LogP contribution in [0.4, 0.5) is 10.5 Å². The van der Waals surface area contributed by atoms with E-state index in [1.54, 1.807) is 18.2 Å². The van der Waals surface area contributed by atoms with E-state index in [4.69, 9.17) is 15.9 Å². The third-order valence-corrected chi connectivity index (χ3v) is 3.45. The van der Waals surface area contributed by atoms with Crippen molar-refractivity contribution in [1.29, 1.82) is 5.41 Å². The summed E-state index contributed by atoms with van der Waals surface area (Å²) in [6, 6.07) is 5.02. The highest BCUT2D eigenvalue weighted by molar-refractivity contribution is 5.97. The van der Waals surface area contributed by atoms with Crippen molar-refractivity contribution >= 4 is 17.6 Å². The van der Waals surface area contributed by atoms with Crippen molar-refractivity contribution in [3.63, 3.8) is 0 Å². The number of benzene rings is 1. The highest BCUT2D eigenvalue weighted by Gasteiger charge is 2.17. The first-order valence-corrected chi connectivity index (χ1v) is 6.70. The van der Waals surface area contributed by atoms with Crippen molar-refractivity contribution in [3.8, 4) is 5.75 Å². The molecule has 0 radical (unpaired) electrons. The minimum atomic E-state index is -0.231. The number of nitrogens with one attached hydrogen (secondary N) is 3. The molecule has 1 aromatic rings. The number of carbonyl (C=O) groups is 1. The molecular formula is C14H20N4O2. The molecule has 1 aliphatic rings. The molecule has 1 aromatic carbocycles. The molecule has 0 unspecified atom stereocenters. The van der Waals surface area contributed by atoms with Crippen LogP contribution < -0.4 is 21.1 Å². The average Bonchev–Trinajstić information content (AvgIpc) is 2.91. The molecule has 0 bridgehead atoms. The smallest absolute Gasteiger partial charge is 0.319 e. The van der Waals surface area contributed by atoms with Crippen LogP contribution in [0.1, 0.15) is 31.2 Å². The van der Waals surface area contributed by atoms with Gasteiger partial charge in [-0.05, 0) is 31.0 Å². The Bertz CT molecular complexity index is 510. The number of urea groups is 1. The fourth-order valence-corrected chi connectivity index (χ4v) is 2.38. The number of amidine groups is 1. The van der Waals surface area contributed by atoms with E-state index in [0.717, 1.165) is 12.8 Å². The second kappa shape index (κ2) is 6.27. The van der Waals surface area contributed by atoms with Gasteiger partial charge in [-0.15, -0.1) is 0 Å². The van der Waals surface area contributed by atoms with Crippen LogP contribution >= 0.6 is 0 Å². The maximum atomic E-state index is 11.9. The predicted octanol–water partition coefficient (Wildman–Crippen LogP) is 2.04. The first-order valence-electron chi connectivity index (χ1n) is 6.70. The van der Waals surface area contributed by atoms with Crippen molar-refractivity contribution in [3.05, 3.63) is 23.8 Å². The summed E-state index contributed by atoms with van der Waals surface area (Å²) in [7, 11) is 1.51. The molecule has 0 aliphatic heterocycles. The third-order valence-electron chi connectivity index (χ3n) is 3.45. The van der Waals surface area contributed by atoms with Crippen LogP contribution in [0, 0.1) is 5.41 Å². The SMILES string of the molecule is COc1cc(C(=N)N)ccc1NC(=O)NC1CCCC1. The minimum absolute atomic E-state index is 0.0368. The first kappa shape index (κ1) is 14.2. The Morgan fingerprint density at radius 3 is 2.70 bits per heavy atom. The summed E-state index contributed by atoms with van der Waals surface area (Å²) in [5, 5.41) is 13.1. The van der Waals surface area contributed by atoms with Gasteiger partial charge in [-0.2, -0.15) is 0 Å². The first-order chi connectivity index (χ1) is 9.60. The van der Waals surface area contributed by atoms with Gasteiger partial charge < -0.3 is 21.1 Å². The summed E-state index contributed by atoms with van der Waals surface area (Å²) in [4.78, 5) is 11.9. The quantitative estimate of drug-likeness (QED) is 0.500. The van der Waals surface area contributed by atoms with E-state index in [1.165, 1.54) is 20.0 Å². The van der Waals surface area contributed by atoms with E-state index < -0.39 is 0 Å². The Morgan fingerprint density at radius 1 is 1.40 bits per heavy atom. The number of amides is 2. The topological polar surface area (TPSA) is 100 Å². The molecule has 6 heteroatoms. The predicted molar refractivity (Wildman–Crippen MR) is 78.4 cm³/mol. The van der Waals surface area contributed by atoms with Gasteiger partial charge in [0.1, 0.15) is 11.6 Å². The molecule has 2 amide bonds. The van der Waals surface area contributed by atoms with Crippen LogP contribution in [0.25, 0.3) is 0 Å². The zero-order chi connectivity index (χ0) is 14.5. The average molecular weight is 276 g/mol. The summed E-state index contributed by atoms with van der Waals surface area (Å²) in [6.45, 7) is 0. The number of ether oxygens (including phenoxy) is 1. The number of anilines is 1. The lowest BCUT2D eigenvalue weighted by molar-refractivity contribution is 0.248. The largest absolute Gasteiger partial charge is 0.495 e. The second-order valence-corrected chi connectivity index (χ2v) is 4.91. The van der Waals surface area contributed by atoms with Gasteiger partial charge in [-0.1, -0.05) is 12.8 Å². The molecule has 5 N–H and O–H groups in total. The van der Waals surface area contributed by atoms with Gasteiger partial charge in [0.15, 0.2) is 0 Å². The van der Waals surface area contributed by atoms with Gasteiger partial charge in [0.2, 0.25) is 0 Å². The lowest BCUT2D eigenvalue weighted by Gasteiger charge is -2.15. The molecule has 1 fully saturated rings. The standard InChI is InChI=1S/C14H20N4O2/c1-20-12-8-9(13(15)16)6-7-11(12)18-14(19)17-10-4-2-3-5-10/h6-8,10H,2-5H2,1H3,(H3,15,16)(H2,17,18,19). The minimum Gasteiger partial charge on any atom is -0.495 e. The molecule has 0 spiro atoms. The summed E-state index contributed by atoms with van der Waals surface area (Å²) in [5.41, 5.74) is 6.55. The fraction of sp³-hybridized carbons (Fsp3) is 0.429. The van der Waals surface area contributed by atoms with E-state index in [-0.39, 0.29) is 17.9 Å². The monoisotopic (exact) mass is 276 g/mol. The Kier molecular flexibility index (Phi) is 4.45. The molecule has 2 rings (SSSR count). The van der Waals surface area contributed by atoms with Crippen molar-refractivity contribution in [2.45, 2.75) is 31.7 Å². The molecule has 0 saturated heterocycles. The number of nitrogens with two attached hydrogens (primary N) is 1. The van der Waals surface area contributed by atoms with Crippen LogP contribution in [0.2, 0.25) is 0 Å². The van der Waals surface area contributed by atoms with Crippen molar-refractivity contribution in [2.24, 2.45) is 5.73 Å².